The van der Waals surface area contributed by atoms with Gasteiger partial charge < -0.3 is 24.2 Å². The molecule has 0 amide bonds. The first-order valence-corrected chi connectivity index (χ1v) is 6.35. The maximum absolute atomic E-state index is 9.19. The van der Waals surface area contributed by atoms with Gasteiger partial charge in [0.05, 0.1) is 30.4 Å². The zero-order valence-corrected chi connectivity index (χ0v) is 10.6. The van der Waals surface area contributed by atoms with Gasteiger partial charge in [-0.1, -0.05) is 5.16 Å². The number of methoxy groups -OCH3 is 1. The predicted octanol–water partition coefficient (Wildman–Crippen LogP) is 1.12. The van der Waals surface area contributed by atoms with Gasteiger partial charge in [-0.05, 0) is 12.8 Å². The van der Waals surface area contributed by atoms with Crippen LogP contribution in [-0.2, 0) is 18.9 Å². The number of ether oxygens (including phenoxy) is 4. The van der Waals surface area contributed by atoms with Crippen LogP contribution in [0.5, 0.6) is 0 Å². The van der Waals surface area contributed by atoms with Gasteiger partial charge in [0.2, 0.25) is 0 Å². The molecular weight excluding hydrogens is 238 g/mol. The van der Waals surface area contributed by atoms with E-state index in [1.54, 1.807) is 7.11 Å². The molecule has 0 unspecified atom stereocenters. The summed E-state index contributed by atoms with van der Waals surface area (Å²) in [5, 5.41) is 12.6. The van der Waals surface area contributed by atoms with Gasteiger partial charge in [0, 0.05) is 20.0 Å². The van der Waals surface area contributed by atoms with Crippen LogP contribution in [-0.4, -0.2) is 49.4 Å². The van der Waals surface area contributed by atoms with Gasteiger partial charge in [-0.3, -0.25) is 0 Å². The first-order valence-electron chi connectivity index (χ1n) is 6.35. The third kappa shape index (κ3) is 1.75. The summed E-state index contributed by atoms with van der Waals surface area (Å²) in [6.07, 6.45) is 3.02. The minimum Gasteiger partial charge on any atom is -0.411 e. The Morgan fingerprint density at radius 1 is 1.39 bits per heavy atom. The number of oxime groups is 1. The number of fused-ring (bicyclic) bond motifs is 3. The molecule has 1 N–H and O–H groups in total. The van der Waals surface area contributed by atoms with Gasteiger partial charge in [0.15, 0.2) is 5.79 Å². The molecule has 1 saturated heterocycles. The van der Waals surface area contributed by atoms with E-state index >= 15 is 0 Å². The Bertz CT molecular complexity index is 352. The number of hydrogen-bond donors (Lipinski definition) is 1. The summed E-state index contributed by atoms with van der Waals surface area (Å²) in [6, 6.07) is 0. The Balaban J connectivity index is 1.83. The second-order valence-electron chi connectivity index (χ2n) is 5.27. The minimum atomic E-state index is -0.585. The van der Waals surface area contributed by atoms with Crippen molar-refractivity contribution in [2.24, 2.45) is 11.1 Å². The van der Waals surface area contributed by atoms with Crippen molar-refractivity contribution in [1.82, 2.24) is 0 Å². The van der Waals surface area contributed by atoms with Gasteiger partial charge in [-0.15, -0.1) is 0 Å². The molecular formula is C12H19NO5. The summed E-state index contributed by atoms with van der Waals surface area (Å²) in [4.78, 5) is 0. The standard InChI is InChI=1S/C12H19NO5/c1-15-8-18-11-2-3-12(16-4-5-17-12)9(6-11)10(7-11)13-14/h9,14H,2-8H2,1H3/b13-10+/t9-,11-/m0/s1. The molecule has 3 fully saturated rings. The van der Waals surface area contributed by atoms with Crippen molar-refractivity contribution in [2.45, 2.75) is 37.1 Å². The molecule has 2 bridgehead atoms. The van der Waals surface area contributed by atoms with Gasteiger partial charge >= 0.3 is 0 Å². The molecule has 0 aromatic rings. The van der Waals surface area contributed by atoms with Gasteiger partial charge in [0.1, 0.15) is 6.79 Å². The molecule has 2 saturated carbocycles. The average Bonchev–Trinajstić information content (AvgIpc) is 2.97. The summed E-state index contributed by atoms with van der Waals surface area (Å²) in [5.74, 6) is -0.589. The molecule has 3 rings (SSSR count). The van der Waals surface area contributed by atoms with E-state index < -0.39 is 5.79 Å². The van der Waals surface area contributed by atoms with Crippen molar-refractivity contribution in [3.05, 3.63) is 0 Å². The van der Waals surface area contributed by atoms with E-state index in [-0.39, 0.29) is 18.3 Å². The van der Waals surface area contributed by atoms with Crippen LogP contribution in [0, 0.1) is 5.92 Å². The lowest BCUT2D eigenvalue weighted by Gasteiger charge is -2.41. The van der Waals surface area contributed by atoms with Crippen LogP contribution in [0.1, 0.15) is 25.7 Å². The lowest BCUT2D eigenvalue weighted by molar-refractivity contribution is -0.228. The first-order chi connectivity index (χ1) is 8.74. The van der Waals surface area contributed by atoms with Crippen LogP contribution < -0.4 is 0 Å². The molecule has 102 valence electrons. The SMILES string of the molecule is COCO[C@@]12CCC3(OCCO3)[C@@H](C1)/C(=N/O)C2. The molecule has 0 radical (unpaired) electrons. The molecule has 2 aliphatic carbocycles. The Morgan fingerprint density at radius 3 is 2.83 bits per heavy atom. The van der Waals surface area contributed by atoms with Crippen molar-refractivity contribution in [3.63, 3.8) is 0 Å². The number of nitrogens with zero attached hydrogens (tertiary/aromatic N) is 1. The topological polar surface area (TPSA) is 69.5 Å². The zero-order chi connectivity index (χ0) is 12.6. The van der Waals surface area contributed by atoms with Crippen LogP contribution in [0.15, 0.2) is 5.16 Å². The lowest BCUT2D eigenvalue weighted by Crippen LogP contribution is -2.47. The molecule has 0 aromatic heterocycles. The smallest absolute Gasteiger partial charge is 0.176 e. The van der Waals surface area contributed by atoms with Crippen LogP contribution in [0.3, 0.4) is 0 Å². The van der Waals surface area contributed by atoms with E-state index in [1.807, 2.05) is 0 Å². The largest absolute Gasteiger partial charge is 0.411 e. The second-order valence-corrected chi connectivity index (χ2v) is 5.27. The Morgan fingerprint density at radius 2 is 2.17 bits per heavy atom. The van der Waals surface area contributed by atoms with E-state index in [0.717, 1.165) is 25.0 Å². The molecule has 2 atom stereocenters. The van der Waals surface area contributed by atoms with E-state index in [1.165, 1.54) is 0 Å². The summed E-state index contributed by atoms with van der Waals surface area (Å²) in [7, 11) is 1.61. The van der Waals surface area contributed by atoms with Crippen molar-refractivity contribution in [3.8, 4) is 0 Å². The van der Waals surface area contributed by atoms with Crippen molar-refractivity contribution in [1.29, 1.82) is 0 Å². The fourth-order valence-corrected chi connectivity index (χ4v) is 3.48. The third-order valence-corrected chi connectivity index (χ3v) is 4.33. The molecule has 1 heterocycles. The van der Waals surface area contributed by atoms with Crippen LogP contribution in [0.2, 0.25) is 0 Å². The fraction of sp³-hybridized carbons (Fsp3) is 0.917. The van der Waals surface area contributed by atoms with Crippen molar-refractivity contribution < 1.29 is 24.2 Å². The molecule has 6 nitrogen and oxygen atoms in total. The van der Waals surface area contributed by atoms with E-state index in [4.69, 9.17) is 18.9 Å². The average molecular weight is 257 g/mol. The maximum Gasteiger partial charge on any atom is 0.176 e. The molecule has 1 aliphatic heterocycles. The summed E-state index contributed by atoms with van der Waals surface area (Å²) in [5.41, 5.74) is 0.452. The maximum atomic E-state index is 9.19. The first kappa shape index (κ1) is 12.3. The van der Waals surface area contributed by atoms with Gasteiger partial charge in [-0.2, -0.15) is 0 Å². The number of rotatable bonds is 3. The van der Waals surface area contributed by atoms with E-state index in [0.29, 0.717) is 19.6 Å². The molecule has 6 heteroatoms. The monoisotopic (exact) mass is 257 g/mol. The molecule has 0 aromatic carbocycles. The van der Waals surface area contributed by atoms with Crippen molar-refractivity contribution in [2.75, 3.05) is 27.1 Å². The van der Waals surface area contributed by atoms with Gasteiger partial charge in [0.25, 0.3) is 0 Å². The Kier molecular flexibility index (Phi) is 3.05. The zero-order valence-electron chi connectivity index (χ0n) is 10.6. The predicted molar refractivity (Wildman–Crippen MR) is 61.5 cm³/mol. The highest BCUT2D eigenvalue weighted by Gasteiger charge is 2.60. The highest BCUT2D eigenvalue weighted by Crippen LogP contribution is 2.53. The lowest BCUT2D eigenvalue weighted by atomic mass is 9.81. The normalized spacial score (nSPS) is 39.8. The molecule has 3 aliphatic rings. The summed E-state index contributed by atoms with van der Waals surface area (Å²) < 4.78 is 22.4. The summed E-state index contributed by atoms with van der Waals surface area (Å²) >= 11 is 0. The van der Waals surface area contributed by atoms with E-state index in [2.05, 4.69) is 5.16 Å². The number of hydrogen-bond acceptors (Lipinski definition) is 6. The van der Waals surface area contributed by atoms with E-state index in [9.17, 15) is 5.21 Å². The van der Waals surface area contributed by atoms with Crippen LogP contribution >= 0.6 is 0 Å². The summed E-state index contributed by atoms with van der Waals surface area (Å²) in [6.45, 7) is 1.49. The van der Waals surface area contributed by atoms with Gasteiger partial charge in [-0.25, -0.2) is 0 Å². The second kappa shape index (κ2) is 4.45. The highest BCUT2D eigenvalue weighted by atomic mass is 16.7. The quantitative estimate of drug-likeness (QED) is 0.466. The molecule has 1 spiro atoms. The van der Waals surface area contributed by atoms with Crippen molar-refractivity contribution >= 4 is 5.71 Å². The fourth-order valence-electron chi connectivity index (χ4n) is 3.48. The Labute approximate surface area is 106 Å². The molecule has 18 heavy (non-hydrogen) atoms. The van der Waals surface area contributed by atoms with Crippen LogP contribution in [0.4, 0.5) is 0 Å². The third-order valence-electron chi connectivity index (χ3n) is 4.33. The highest BCUT2D eigenvalue weighted by molar-refractivity contribution is 5.91. The Hall–Kier alpha value is -0.690. The van der Waals surface area contributed by atoms with Crippen LogP contribution in [0.25, 0.3) is 0 Å². The minimum absolute atomic E-state index is 0.00407.